The summed E-state index contributed by atoms with van der Waals surface area (Å²) in [6.07, 6.45) is 0.500. The van der Waals surface area contributed by atoms with Crippen molar-refractivity contribution < 1.29 is 24.0 Å². The van der Waals surface area contributed by atoms with Crippen LogP contribution in [-0.2, 0) is 27.3 Å². The third kappa shape index (κ3) is 4.81. The van der Waals surface area contributed by atoms with Gasteiger partial charge in [0.25, 0.3) is 5.91 Å². The summed E-state index contributed by atoms with van der Waals surface area (Å²) in [5, 5.41) is 5.07. The Labute approximate surface area is 170 Å². The Bertz CT molecular complexity index is 941. The SMILES string of the molecule is COC(=O)[C@H]1Cc2ccccc2C[NH+]1CC(=O)NC(=O)Nc1cccc(C)c1C. The zero-order valence-electron chi connectivity index (χ0n) is 16.9. The van der Waals surface area contributed by atoms with Crippen molar-refractivity contribution in [2.45, 2.75) is 32.9 Å². The number of anilines is 1. The summed E-state index contributed by atoms with van der Waals surface area (Å²) in [7, 11) is 1.35. The second-order valence-electron chi connectivity index (χ2n) is 7.31. The maximum atomic E-state index is 12.5. The van der Waals surface area contributed by atoms with E-state index in [4.69, 9.17) is 4.74 Å². The van der Waals surface area contributed by atoms with Crippen LogP contribution in [0.2, 0.25) is 0 Å². The number of aryl methyl sites for hydroxylation is 1. The highest BCUT2D eigenvalue weighted by molar-refractivity contribution is 6.01. The number of carbonyl (C=O) groups is 3. The summed E-state index contributed by atoms with van der Waals surface area (Å²) >= 11 is 0. The second-order valence-corrected chi connectivity index (χ2v) is 7.31. The molecule has 0 aliphatic carbocycles. The van der Waals surface area contributed by atoms with E-state index in [0.29, 0.717) is 18.7 Å². The molecule has 3 rings (SSSR count). The molecular weight excluding hydrogens is 370 g/mol. The fraction of sp³-hybridized carbons (Fsp3) is 0.318. The largest absolute Gasteiger partial charge is 0.465 e. The molecule has 0 saturated heterocycles. The summed E-state index contributed by atoms with van der Waals surface area (Å²) in [5.41, 5.74) is 4.82. The minimum atomic E-state index is -0.588. The molecule has 1 aliphatic rings. The summed E-state index contributed by atoms with van der Waals surface area (Å²) in [4.78, 5) is 37.7. The molecule has 0 radical (unpaired) electrons. The molecule has 29 heavy (non-hydrogen) atoms. The van der Waals surface area contributed by atoms with Crippen molar-refractivity contribution in [2.24, 2.45) is 0 Å². The number of carbonyl (C=O) groups excluding carboxylic acids is 3. The number of fused-ring (bicyclic) bond motifs is 1. The number of amides is 3. The van der Waals surface area contributed by atoms with Gasteiger partial charge >= 0.3 is 12.0 Å². The van der Waals surface area contributed by atoms with Crippen molar-refractivity contribution >= 4 is 23.6 Å². The van der Waals surface area contributed by atoms with Crippen LogP contribution in [0.4, 0.5) is 10.5 Å². The Kier molecular flexibility index (Phi) is 6.29. The first-order valence-electron chi connectivity index (χ1n) is 9.55. The molecule has 1 unspecified atom stereocenters. The van der Waals surface area contributed by atoms with Gasteiger partial charge in [0.1, 0.15) is 6.54 Å². The maximum Gasteiger partial charge on any atom is 0.365 e. The van der Waals surface area contributed by atoms with Crippen LogP contribution in [-0.4, -0.2) is 37.6 Å². The summed E-state index contributed by atoms with van der Waals surface area (Å²) in [6.45, 7) is 4.37. The average molecular weight is 396 g/mol. The number of nitrogens with one attached hydrogen (secondary N) is 3. The van der Waals surface area contributed by atoms with Crippen LogP contribution in [0, 0.1) is 13.8 Å². The predicted octanol–water partition coefficient (Wildman–Crippen LogP) is 1.13. The number of esters is 1. The van der Waals surface area contributed by atoms with Gasteiger partial charge in [-0.2, -0.15) is 0 Å². The standard InChI is InChI=1S/C22H25N3O4/c1-14-7-6-10-18(15(14)2)23-22(28)24-20(26)13-25-12-17-9-5-4-8-16(17)11-19(25)21(27)29-3/h4-10,19H,11-13H2,1-3H3,(H2,23,24,26,28)/p+1/t19-/m1/s1. The molecule has 3 amide bonds. The number of urea groups is 1. The number of hydrogen-bond acceptors (Lipinski definition) is 4. The van der Waals surface area contributed by atoms with Gasteiger partial charge in [-0.15, -0.1) is 0 Å². The lowest BCUT2D eigenvalue weighted by Crippen LogP contribution is -3.17. The minimum absolute atomic E-state index is 0.00563. The van der Waals surface area contributed by atoms with Gasteiger partial charge in [0.15, 0.2) is 12.6 Å². The van der Waals surface area contributed by atoms with Gasteiger partial charge in [0, 0.05) is 17.7 Å². The highest BCUT2D eigenvalue weighted by Crippen LogP contribution is 2.17. The Hall–Kier alpha value is -3.19. The number of methoxy groups -OCH3 is 1. The molecule has 0 spiro atoms. The number of benzene rings is 2. The van der Waals surface area contributed by atoms with E-state index in [-0.39, 0.29) is 12.5 Å². The first kappa shape index (κ1) is 20.5. The number of quaternary nitrogens is 1. The molecule has 152 valence electrons. The summed E-state index contributed by atoms with van der Waals surface area (Å²) in [5.74, 6) is -0.807. The maximum absolute atomic E-state index is 12.5. The molecule has 3 N–H and O–H groups in total. The number of rotatable bonds is 4. The van der Waals surface area contributed by atoms with Crippen LogP contribution < -0.4 is 15.5 Å². The zero-order chi connectivity index (χ0) is 21.0. The van der Waals surface area contributed by atoms with Gasteiger partial charge in [-0.1, -0.05) is 36.4 Å². The van der Waals surface area contributed by atoms with Crippen LogP contribution in [0.5, 0.6) is 0 Å². The van der Waals surface area contributed by atoms with Crippen LogP contribution in [0.3, 0.4) is 0 Å². The molecule has 2 aromatic rings. The van der Waals surface area contributed by atoms with E-state index in [0.717, 1.165) is 27.2 Å². The van der Waals surface area contributed by atoms with Gasteiger partial charge in [-0.05, 0) is 36.6 Å². The molecule has 0 aromatic heterocycles. The lowest BCUT2D eigenvalue weighted by Gasteiger charge is -2.31. The van der Waals surface area contributed by atoms with Crippen LogP contribution in [0.1, 0.15) is 22.3 Å². The van der Waals surface area contributed by atoms with E-state index in [1.54, 1.807) is 6.07 Å². The van der Waals surface area contributed by atoms with Crippen molar-refractivity contribution in [3.05, 3.63) is 64.7 Å². The lowest BCUT2D eigenvalue weighted by atomic mass is 9.94. The van der Waals surface area contributed by atoms with Crippen LogP contribution in [0.25, 0.3) is 0 Å². The van der Waals surface area contributed by atoms with Gasteiger partial charge in [0.2, 0.25) is 0 Å². The summed E-state index contributed by atoms with van der Waals surface area (Å²) in [6, 6.07) is 12.4. The van der Waals surface area contributed by atoms with Crippen LogP contribution in [0.15, 0.2) is 42.5 Å². The van der Waals surface area contributed by atoms with Crippen molar-refractivity contribution in [2.75, 3.05) is 19.0 Å². The predicted molar refractivity (Wildman–Crippen MR) is 109 cm³/mol. The first-order valence-corrected chi connectivity index (χ1v) is 9.55. The Morgan fingerprint density at radius 1 is 1.07 bits per heavy atom. The normalized spacial score (nSPS) is 17.8. The highest BCUT2D eigenvalue weighted by Gasteiger charge is 2.37. The van der Waals surface area contributed by atoms with Gasteiger partial charge in [0.05, 0.1) is 7.11 Å². The third-order valence-electron chi connectivity index (χ3n) is 5.43. The van der Waals surface area contributed by atoms with E-state index in [1.165, 1.54) is 7.11 Å². The topological polar surface area (TPSA) is 88.9 Å². The molecule has 2 aromatic carbocycles. The molecule has 0 saturated carbocycles. The Morgan fingerprint density at radius 2 is 1.79 bits per heavy atom. The van der Waals surface area contributed by atoms with Crippen molar-refractivity contribution in [3.63, 3.8) is 0 Å². The second kappa shape index (κ2) is 8.87. The van der Waals surface area contributed by atoms with Crippen LogP contribution >= 0.6 is 0 Å². The Balaban J connectivity index is 1.65. The molecule has 7 heteroatoms. The van der Waals surface area contributed by atoms with E-state index in [2.05, 4.69) is 10.6 Å². The van der Waals surface area contributed by atoms with E-state index in [9.17, 15) is 14.4 Å². The zero-order valence-corrected chi connectivity index (χ0v) is 16.9. The van der Waals surface area contributed by atoms with Gasteiger partial charge in [-0.3, -0.25) is 10.1 Å². The van der Waals surface area contributed by atoms with Crippen molar-refractivity contribution in [3.8, 4) is 0 Å². The van der Waals surface area contributed by atoms with E-state index in [1.807, 2.05) is 50.2 Å². The fourth-order valence-corrected chi connectivity index (χ4v) is 3.66. The average Bonchev–Trinajstić information content (AvgIpc) is 2.70. The molecule has 0 fully saturated rings. The quantitative estimate of drug-likeness (QED) is 0.676. The van der Waals surface area contributed by atoms with Gasteiger partial charge in [-0.25, -0.2) is 9.59 Å². The highest BCUT2D eigenvalue weighted by atomic mass is 16.5. The molecule has 0 bridgehead atoms. The number of ether oxygens (including phenoxy) is 1. The van der Waals surface area contributed by atoms with E-state index >= 15 is 0 Å². The minimum Gasteiger partial charge on any atom is -0.465 e. The summed E-state index contributed by atoms with van der Waals surface area (Å²) < 4.78 is 4.93. The number of hydrogen-bond donors (Lipinski definition) is 3. The molecule has 1 aliphatic heterocycles. The Morgan fingerprint density at radius 3 is 2.52 bits per heavy atom. The monoisotopic (exact) mass is 396 g/mol. The molecule has 1 heterocycles. The fourth-order valence-electron chi connectivity index (χ4n) is 3.66. The molecule has 2 atom stereocenters. The van der Waals surface area contributed by atoms with Crippen molar-refractivity contribution in [1.82, 2.24) is 5.32 Å². The van der Waals surface area contributed by atoms with Crippen molar-refractivity contribution in [1.29, 1.82) is 0 Å². The first-order chi connectivity index (χ1) is 13.9. The smallest absolute Gasteiger partial charge is 0.365 e. The third-order valence-corrected chi connectivity index (χ3v) is 5.43. The number of imide groups is 1. The van der Waals surface area contributed by atoms with Gasteiger partial charge < -0.3 is 15.0 Å². The molecule has 7 nitrogen and oxygen atoms in total. The molecular formula is C22H26N3O4+. The lowest BCUT2D eigenvalue weighted by molar-refractivity contribution is -0.924. The van der Waals surface area contributed by atoms with E-state index < -0.39 is 18.0 Å².